The lowest BCUT2D eigenvalue weighted by molar-refractivity contribution is 0.183. The van der Waals surface area contributed by atoms with Gasteiger partial charge in [0.25, 0.3) is 0 Å². The number of hydrogen-bond acceptors (Lipinski definition) is 4. The number of rotatable bonds is 2. The third kappa shape index (κ3) is 1.80. The molecule has 0 unspecified atom stereocenters. The van der Waals surface area contributed by atoms with Gasteiger partial charge < -0.3 is 5.32 Å². The molecule has 0 bridgehead atoms. The Hall–Kier alpha value is -0.940. The summed E-state index contributed by atoms with van der Waals surface area (Å²) in [6.07, 6.45) is 3.32. The minimum atomic E-state index is 0.863. The molecule has 0 aliphatic carbocycles. The fourth-order valence-corrected chi connectivity index (χ4v) is 1.36. The average molecular weight is 167 g/mol. The van der Waals surface area contributed by atoms with E-state index in [0.29, 0.717) is 0 Å². The minimum absolute atomic E-state index is 0.863. The maximum Gasteiger partial charge on any atom is 0.137 e. The molecular weight excluding hydrogens is 154 g/mol. The van der Waals surface area contributed by atoms with Gasteiger partial charge in [0.1, 0.15) is 12.7 Å². The molecule has 2 rings (SSSR count). The first-order chi connectivity index (χ1) is 5.95. The van der Waals surface area contributed by atoms with Crippen molar-refractivity contribution in [1.29, 1.82) is 0 Å². The van der Waals surface area contributed by atoms with E-state index in [-0.39, 0.29) is 0 Å². The van der Waals surface area contributed by atoms with Crippen LogP contribution in [0, 0.1) is 0 Å². The summed E-state index contributed by atoms with van der Waals surface area (Å²) in [5.74, 6) is 0. The summed E-state index contributed by atoms with van der Waals surface area (Å²) >= 11 is 0. The summed E-state index contributed by atoms with van der Waals surface area (Å²) in [6, 6.07) is 0. The summed E-state index contributed by atoms with van der Waals surface area (Å²) in [7, 11) is 0. The highest BCUT2D eigenvalue weighted by molar-refractivity contribution is 4.66. The van der Waals surface area contributed by atoms with Gasteiger partial charge >= 0.3 is 0 Å². The summed E-state index contributed by atoms with van der Waals surface area (Å²) in [5, 5.41) is 7.36. The fourth-order valence-electron chi connectivity index (χ4n) is 1.36. The highest BCUT2D eigenvalue weighted by Crippen LogP contribution is 1.93. The van der Waals surface area contributed by atoms with Gasteiger partial charge in [0.15, 0.2) is 0 Å². The molecule has 1 aliphatic heterocycles. The van der Waals surface area contributed by atoms with Crippen molar-refractivity contribution in [2.24, 2.45) is 0 Å². The lowest BCUT2D eigenvalue weighted by Gasteiger charge is -2.26. The van der Waals surface area contributed by atoms with Gasteiger partial charge in [0, 0.05) is 26.2 Å². The van der Waals surface area contributed by atoms with Gasteiger partial charge in [-0.05, 0) is 0 Å². The van der Waals surface area contributed by atoms with Crippen LogP contribution in [0.25, 0.3) is 0 Å². The van der Waals surface area contributed by atoms with E-state index in [1.54, 1.807) is 12.7 Å². The lowest BCUT2D eigenvalue weighted by atomic mass is 10.4. The van der Waals surface area contributed by atoms with E-state index >= 15 is 0 Å². The third-order valence-corrected chi connectivity index (χ3v) is 2.02. The Kier molecular flexibility index (Phi) is 2.33. The van der Waals surface area contributed by atoms with Gasteiger partial charge in [0.05, 0.1) is 6.67 Å². The summed E-state index contributed by atoms with van der Waals surface area (Å²) in [4.78, 5) is 6.25. The molecule has 1 saturated heterocycles. The zero-order chi connectivity index (χ0) is 8.23. The smallest absolute Gasteiger partial charge is 0.137 e. The molecular formula is C7H13N5. The summed E-state index contributed by atoms with van der Waals surface area (Å²) in [6.45, 7) is 5.21. The van der Waals surface area contributed by atoms with Crippen molar-refractivity contribution < 1.29 is 0 Å². The summed E-state index contributed by atoms with van der Waals surface area (Å²) < 4.78 is 1.85. The first-order valence-electron chi connectivity index (χ1n) is 4.20. The molecule has 1 aliphatic rings. The Morgan fingerprint density at radius 2 is 2.17 bits per heavy atom. The van der Waals surface area contributed by atoms with E-state index in [2.05, 4.69) is 20.3 Å². The van der Waals surface area contributed by atoms with Crippen molar-refractivity contribution in [3.63, 3.8) is 0 Å². The second kappa shape index (κ2) is 3.64. The van der Waals surface area contributed by atoms with Gasteiger partial charge in [-0.3, -0.25) is 4.90 Å². The predicted molar refractivity (Wildman–Crippen MR) is 44.5 cm³/mol. The van der Waals surface area contributed by atoms with Crippen LogP contribution >= 0.6 is 0 Å². The topological polar surface area (TPSA) is 46.0 Å². The molecule has 5 heteroatoms. The number of aromatic nitrogens is 3. The quantitative estimate of drug-likeness (QED) is 0.622. The molecule has 0 radical (unpaired) electrons. The molecule has 1 N–H and O–H groups in total. The lowest BCUT2D eigenvalue weighted by Crippen LogP contribution is -2.44. The Labute approximate surface area is 71.4 Å². The number of hydrogen-bond donors (Lipinski definition) is 1. The zero-order valence-electron chi connectivity index (χ0n) is 6.98. The Morgan fingerprint density at radius 3 is 2.83 bits per heavy atom. The molecule has 0 aromatic carbocycles. The van der Waals surface area contributed by atoms with Crippen LogP contribution in [0.2, 0.25) is 0 Å². The van der Waals surface area contributed by atoms with Gasteiger partial charge in [-0.1, -0.05) is 0 Å². The molecule has 12 heavy (non-hydrogen) atoms. The van der Waals surface area contributed by atoms with Gasteiger partial charge in [-0.25, -0.2) is 9.67 Å². The van der Waals surface area contributed by atoms with E-state index in [1.807, 2.05) is 4.68 Å². The maximum atomic E-state index is 4.05. The van der Waals surface area contributed by atoms with E-state index in [9.17, 15) is 0 Å². The zero-order valence-corrected chi connectivity index (χ0v) is 6.98. The van der Waals surface area contributed by atoms with Crippen LogP contribution in [-0.4, -0.2) is 45.8 Å². The van der Waals surface area contributed by atoms with E-state index in [0.717, 1.165) is 32.8 Å². The maximum absolute atomic E-state index is 4.05. The minimum Gasteiger partial charge on any atom is -0.314 e. The molecule has 0 spiro atoms. The van der Waals surface area contributed by atoms with Crippen molar-refractivity contribution in [2.75, 3.05) is 26.2 Å². The first kappa shape index (κ1) is 7.70. The molecule has 0 amide bonds. The summed E-state index contributed by atoms with van der Waals surface area (Å²) in [5.41, 5.74) is 0. The van der Waals surface area contributed by atoms with E-state index in [4.69, 9.17) is 0 Å². The number of nitrogens with zero attached hydrogens (tertiary/aromatic N) is 4. The normalized spacial score (nSPS) is 19.7. The van der Waals surface area contributed by atoms with Crippen molar-refractivity contribution in [2.45, 2.75) is 6.67 Å². The molecule has 1 fully saturated rings. The number of piperazine rings is 1. The van der Waals surface area contributed by atoms with Crippen LogP contribution in [0.4, 0.5) is 0 Å². The van der Waals surface area contributed by atoms with Gasteiger partial charge in [0.2, 0.25) is 0 Å². The average Bonchev–Trinajstić information content (AvgIpc) is 2.59. The van der Waals surface area contributed by atoms with Crippen molar-refractivity contribution in [1.82, 2.24) is 25.0 Å². The van der Waals surface area contributed by atoms with Crippen molar-refractivity contribution in [3.8, 4) is 0 Å². The fraction of sp³-hybridized carbons (Fsp3) is 0.714. The largest absolute Gasteiger partial charge is 0.314 e. The molecule has 0 atom stereocenters. The molecule has 1 aromatic rings. The van der Waals surface area contributed by atoms with Crippen molar-refractivity contribution >= 4 is 0 Å². The van der Waals surface area contributed by atoms with E-state index in [1.165, 1.54) is 0 Å². The highest BCUT2D eigenvalue weighted by Gasteiger charge is 2.08. The molecule has 0 saturated carbocycles. The Morgan fingerprint density at radius 1 is 1.33 bits per heavy atom. The van der Waals surface area contributed by atoms with Crippen LogP contribution in [0.5, 0.6) is 0 Å². The van der Waals surface area contributed by atoms with Crippen LogP contribution in [0.1, 0.15) is 0 Å². The molecule has 2 heterocycles. The first-order valence-corrected chi connectivity index (χ1v) is 4.20. The monoisotopic (exact) mass is 167 g/mol. The molecule has 1 aromatic heterocycles. The Balaban J connectivity index is 1.86. The van der Waals surface area contributed by atoms with Crippen molar-refractivity contribution in [3.05, 3.63) is 12.7 Å². The van der Waals surface area contributed by atoms with Crippen LogP contribution in [0.15, 0.2) is 12.7 Å². The predicted octanol–water partition coefficient (Wildman–Crippen LogP) is -0.859. The van der Waals surface area contributed by atoms with Crippen LogP contribution in [-0.2, 0) is 6.67 Å². The second-order valence-electron chi connectivity index (χ2n) is 2.94. The standard InChI is InChI=1S/C7H13N5/c1-3-11(4-2-8-1)7-12-6-9-5-10-12/h5-6,8H,1-4,7H2. The van der Waals surface area contributed by atoms with Gasteiger partial charge in [-0.15, -0.1) is 0 Å². The third-order valence-electron chi connectivity index (χ3n) is 2.02. The molecule has 66 valence electrons. The highest BCUT2D eigenvalue weighted by atomic mass is 15.4. The second-order valence-corrected chi connectivity index (χ2v) is 2.94. The number of nitrogens with one attached hydrogen (secondary N) is 1. The molecule has 5 nitrogen and oxygen atoms in total. The van der Waals surface area contributed by atoms with Crippen LogP contribution < -0.4 is 5.32 Å². The van der Waals surface area contributed by atoms with Gasteiger partial charge in [-0.2, -0.15) is 5.10 Å². The van der Waals surface area contributed by atoms with E-state index < -0.39 is 0 Å². The SMILES string of the molecule is c1ncn(CN2CCNCC2)n1. The Bertz CT molecular complexity index is 214. The van der Waals surface area contributed by atoms with Crippen LogP contribution in [0.3, 0.4) is 0 Å².